The minimum Gasteiger partial charge on any atom is -0.365 e. The zero-order valence-corrected chi connectivity index (χ0v) is 27.1. The highest BCUT2D eigenvalue weighted by Gasteiger charge is 2.59. The van der Waals surface area contributed by atoms with Crippen molar-refractivity contribution in [2.45, 2.75) is 63.5 Å². The van der Waals surface area contributed by atoms with Crippen molar-refractivity contribution in [1.82, 2.24) is 0 Å². The van der Waals surface area contributed by atoms with Gasteiger partial charge in [-0.2, -0.15) is 0 Å². The summed E-state index contributed by atoms with van der Waals surface area (Å²) in [5, 5.41) is 0.800. The second kappa shape index (κ2) is 11.4. The molecule has 0 N–H and O–H groups in total. The van der Waals surface area contributed by atoms with Crippen molar-refractivity contribution in [3.05, 3.63) is 132 Å². The van der Waals surface area contributed by atoms with Crippen LogP contribution in [0.5, 0.6) is 0 Å². The SMILES string of the molecule is Clc1cc(N(c2ccccc2)c2c(-c3ccccc3)cccc2-c2ccccc2)cc(N2C3CC4CC2CC2(CCCCC42)C3)c1. The van der Waals surface area contributed by atoms with Crippen LogP contribution in [0.3, 0.4) is 0 Å². The molecule has 5 aromatic carbocycles. The van der Waals surface area contributed by atoms with Gasteiger partial charge in [0.05, 0.1) is 5.69 Å². The molecule has 3 atom stereocenters. The first-order valence-corrected chi connectivity index (χ1v) is 17.7. The molecule has 5 aliphatic rings. The third-order valence-electron chi connectivity index (χ3n) is 11.9. The molecule has 2 nitrogen and oxygen atoms in total. The fraction of sp³-hybridized carbons (Fsp3) is 0.302. The smallest absolute Gasteiger partial charge is 0.0618 e. The second-order valence-corrected chi connectivity index (χ2v) is 14.8. The third kappa shape index (κ3) is 4.68. The van der Waals surface area contributed by atoms with Gasteiger partial charge < -0.3 is 9.80 Å². The molecule has 10 rings (SSSR count). The van der Waals surface area contributed by atoms with Crippen molar-refractivity contribution in [3.63, 3.8) is 0 Å². The number of hydrogen-bond acceptors (Lipinski definition) is 2. The summed E-state index contributed by atoms with van der Waals surface area (Å²) in [6, 6.07) is 47.3. The van der Waals surface area contributed by atoms with E-state index in [0.717, 1.165) is 28.2 Å². The summed E-state index contributed by atoms with van der Waals surface area (Å²) >= 11 is 7.15. The third-order valence-corrected chi connectivity index (χ3v) is 12.1. The number of para-hydroxylation sites is 2. The maximum atomic E-state index is 7.15. The van der Waals surface area contributed by atoms with E-state index in [-0.39, 0.29) is 0 Å². The average Bonchev–Trinajstić information content (AvgIpc) is 3.09. The van der Waals surface area contributed by atoms with Crippen LogP contribution in [0.1, 0.15) is 51.4 Å². The van der Waals surface area contributed by atoms with Crippen LogP contribution in [-0.4, -0.2) is 12.1 Å². The monoisotopic (exact) mass is 620 g/mol. The number of hydrogen-bond donors (Lipinski definition) is 0. The van der Waals surface area contributed by atoms with Gasteiger partial charge in [0, 0.05) is 45.3 Å². The molecule has 2 saturated heterocycles. The number of anilines is 4. The molecular formula is C43H41ClN2. The van der Waals surface area contributed by atoms with E-state index in [1.54, 1.807) is 0 Å². The van der Waals surface area contributed by atoms with Crippen LogP contribution in [0, 0.1) is 17.3 Å². The topological polar surface area (TPSA) is 6.48 Å². The first-order chi connectivity index (χ1) is 22.7. The number of halogens is 1. The van der Waals surface area contributed by atoms with Crippen LogP contribution in [0.2, 0.25) is 5.02 Å². The van der Waals surface area contributed by atoms with Crippen LogP contribution in [0.25, 0.3) is 22.3 Å². The van der Waals surface area contributed by atoms with Gasteiger partial charge in [-0.3, -0.25) is 0 Å². The maximum absolute atomic E-state index is 7.15. The zero-order valence-electron chi connectivity index (χ0n) is 26.4. The first kappa shape index (κ1) is 28.2. The molecule has 3 aliphatic carbocycles. The van der Waals surface area contributed by atoms with E-state index in [2.05, 4.69) is 137 Å². The highest BCUT2D eigenvalue weighted by molar-refractivity contribution is 6.31. The fourth-order valence-electron chi connectivity index (χ4n) is 10.3. The largest absolute Gasteiger partial charge is 0.365 e. The number of piperidine rings is 2. The van der Waals surface area contributed by atoms with Crippen molar-refractivity contribution in [2.75, 3.05) is 9.80 Å². The summed E-state index contributed by atoms with van der Waals surface area (Å²) in [5.74, 6) is 1.89. The average molecular weight is 621 g/mol. The molecule has 4 bridgehead atoms. The summed E-state index contributed by atoms with van der Waals surface area (Å²) in [4.78, 5) is 5.26. The number of benzene rings is 5. The second-order valence-electron chi connectivity index (χ2n) is 14.3. The minimum absolute atomic E-state index is 0.599. The molecule has 3 heteroatoms. The Morgan fingerprint density at radius 2 is 1.24 bits per heavy atom. The Morgan fingerprint density at radius 1 is 0.630 bits per heavy atom. The summed E-state index contributed by atoms with van der Waals surface area (Å²) < 4.78 is 0. The fourth-order valence-corrected chi connectivity index (χ4v) is 10.6. The van der Waals surface area contributed by atoms with Gasteiger partial charge in [0.15, 0.2) is 0 Å². The number of nitrogens with zero attached hydrogens (tertiary/aromatic N) is 2. The number of rotatable bonds is 6. The normalized spacial score (nSPS) is 26.2. The van der Waals surface area contributed by atoms with E-state index in [9.17, 15) is 0 Å². The van der Waals surface area contributed by atoms with Gasteiger partial charge in [0.1, 0.15) is 0 Å². The Morgan fingerprint density at radius 3 is 1.87 bits per heavy atom. The van der Waals surface area contributed by atoms with Crippen LogP contribution in [0.4, 0.5) is 22.7 Å². The molecule has 3 unspecified atom stereocenters. The van der Waals surface area contributed by atoms with Gasteiger partial charge in [-0.1, -0.05) is 122 Å². The van der Waals surface area contributed by atoms with Gasteiger partial charge in [-0.15, -0.1) is 0 Å². The molecule has 230 valence electrons. The van der Waals surface area contributed by atoms with Gasteiger partial charge in [-0.05, 0) is 97.2 Å². The van der Waals surface area contributed by atoms with E-state index >= 15 is 0 Å². The molecule has 3 saturated carbocycles. The summed E-state index contributed by atoms with van der Waals surface area (Å²) in [6.07, 6.45) is 11.2. The molecule has 0 radical (unpaired) electrons. The summed E-state index contributed by atoms with van der Waals surface area (Å²) in [6.45, 7) is 0. The van der Waals surface area contributed by atoms with E-state index in [1.165, 1.54) is 85.0 Å². The lowest BCUT2D eigenvalue weighted by molar-refractivity contribution is -0.0879. The highest BCUT2D eigenvalue weighted by atomic mass is 35.5. The van der Waals surface area contributed by atoms with Gasteiger partial charge >= 0.3 is 0 Å². The molecule has 0 aromatic heterocycles. The molecule has 5 aromatic rings. The van der Waals surface area contributed by atoms with E-state index in [0.29, 0.717) is 17.5 Å². The molecule has 1 spiro atoms. The summed E-state index contributed by atoms with van der Waals surface area (Å²) in [5.41, 5.74) is 10.1. The standard InChI is InChI=1S/C43H41ClN2/c44-33-25-35(45-37-23-32-24-38(45)29-43(28-37)22-11-10-21-41(32)43)27-36(26-33)46(34-17-8-3-9-18-34)42-39(30-13-4-1-5-14-30)19-12-20-40(42)31-15-6-2-7-16-31/h1-9,12-20,25-27,32,37-38,41H,10-11,21-24,28-29H2. The Hall–Kier alpha value is -4.01. The van der Waals surface area contributed by atoms with Gasteiger partial charge in [-0.25, -0.2) is 0 Å². The quantitative estimate of drug-likeness (QED) is 0.186. The molecule has 5 fully saturated rings. The molecule has 46 heavy (non-hydrogen) atoms. The van der Waals surface area contributed by atoms with E-state index in [1.807, 2.05) is 0 Å². The Bertz CT molecular complexity index is 1780. The van der Waals surface area contributed by atoms with E-state index < -0.39 is 0 Å². The lowest BCUT2D eigenvalue weighted by atomic mass is 9.46. The van der Waals surface area contributed by atoms with Crippen molar-refractivity contribution < 1.29 is 0 Å². The summed E-state index contributed by atoms with van der Waals surface area (Å²) in [7, 11) is 0. The highest BCUT2D eigenvalue weighted by Crippen LogP contribution is 2.65. The lowest BCUT2D eigenvalue weighted by Gasteiger charge is -2.67. The molecular weight excluding hydrogens is 580 g/mol. The minimum atomic E-state index is 0.599. The predicted molar refractivity (Wildman–Crippen MR) is 193 cm³/mol. The van der Waals surface area contributed by atoms with Crippen molar-refractivity contribution in [1.29, 1.82) is 0 Å². The Kier molecular flexibility index (Phi) is 6.97. The molecule has 2 aliphatic heterocycles. The van der Waals surface area contributed by atoms with Gasteiger partial charge in [0.2, 0.25) is 0 Å². The van der Waals surface area contributed by atoms with Crippen LogP contribution in [-0.2, 0) is 0 Å². The van der Waals surface area contributed by atoms with Crippen molar-refractivity contribution in [3.8, 4) is 22.3 Å². The van der Waals surface area contributed by atoms with Crippen molar-refractivity contribution in [2.24, 2.45) is 17.3 Å². The van der Waals surface area contributed by atoms with Crippen molar-refractivity contribution >= 4 is 34.4 Å². The van der Waals surface area contributed by atoms with Crippen LogP contribution >= 0.6 is 11.6 Å². The van der Waals surface area contributed by atoms with E-state index in [4.69, 9.17) is 11.6 Å². The zero-order chi connectivity index (χ0) is 30.7. The first-order valence-electron chi connectivity index (χ1n) is 17.3. The van der Waals surface area contributed by atoms with Crippen LogP contribution in [0.15, 0.2) is 127 Å². The lowest BCUT2D eigenvalue weighted by Crippen LogP contribution is -2.66. The predicted octanol–water partition coefficient (Wildman–Crippen LogP) is 12.1. The molecule has 0 amide bonds. The van der Waals surface area contributed by atoms with Gasteiger partial charge in [0.25, 0.3) is 0 Å². The Labute approximate surface area is 278 Å². The molecule has 2 heterocycles. The maximum Gasteiger partial charge on any atom is 0.0618 e. The Balaban J connectivity index is 1.21. The van der Waals surface area contributed by atoms with Crippen LogP contribution < -0.4 is 9.80 Å².